The van der Waals surface area contributed by atoms with Crippen LogP contribution >= 0.6 is 23.2 Å². The Kier molecular flexibility index (Phi) is 3.91. The minimum Gasteiger partial charge on any atom is -0.287 e. The van der Waals surface area contributed by atoms with Gasteiger partial charge in [0.15, 0.2) is 6.20 Å². The van der Waals surface area contributed by atoms with Crippen molar-refractivity contribution >= 4 is 39.9 Å². The second-order valence-corrected chi connectivity index (χ2v) is 5.56. The lowest BCUT2D eigenvalue weighted by atomic mass is 10.1. The number of nitrogens with zero attached hydrogens (tertiary/aromatic N) is 1. The summed E-state index contributed by atoms with van der Waals surface area (Å²) in [7, 11) is 0. The van der Waals surface area contributed by atoms with Crippen LogP contribution in [0, 0.1) is 0 Å². The van der Waals surface area contributed by atoms with Gasteiger partial charge in [0.05, 0.1) is 10.0 Å². The van der Waals surface area contributed by atoms with Crippen LogP contribution in [0.25, 0.3) is 10.9 Å². The maximum absolute atomic E-state index is 12.4. The lowest BCUT2D eigenvalue weighted by molar-refractivity contribution is -0.657. The molecule has 0 unspecified atom stereocenters. The van der Waals surface area contributed by atoms with Gasteiger partial charge >= 0.3 is 0 Å². The molecule has 0 aliphatic rings. The van der Waals surface area contributed by atoms with Gasteiger partial charge in [-0.2, -0.15) is 4.57 Å². The number of fused-ring (bicyclic) bond motifs is 1. The van der Waals surface area contributed by atoms with Crippen LogP contribution in [0.5, 0.6) is 0 Å². The molecule has 2 aromatic carbocycles. The fourth-order valence-electron chi connectivity index (χ4n) is 2.27. The zero-order valence-corrected chi connectivity index (χ0v) is 12.6. The van der Waals surface area contributed by atoms with E-state index in [2.05, 4.69) is 0 Å². The summed E-state index contributed by atoms with van der Waals surface area (Å²) >= 11 is 11.8. The number of para-hydroxylation sites is 1. The van der Waals surface area contributed by atoms with Gasteiger partial charge in [-0.25, -0.2) is 0 Å². The standard InChI is InChI=1S/C17H12Cl2NO/c18-14-8-7-13(10-15(14)19)17(21)11-20-9-3-5-12-4-1-2-6-16(12)20/h1-10H,11H2/q+1. The highest BCUT2D eigenvalue weighted by atomic mass is 35.5. The van der Waals surface area contributed by atoms with Gasteiger partial charge < -0.3 is 0 Å². The molecule has 2 nitrogen and oxygen atoms in total. The highest BCUT2D eigenvalue weighted by Crippen LogP contribution is 2.22. The second-order valence-electron chi connectivity index (χ2n) is 4.75. The predicted molar refractivity (Wildman–Crippen MR) is 84.9 cm³/mol. The van der Waals surface area contributed by atoms with E-state index in [1.165, 1.54) is 0 Å². The van der Waals surface area contributed by atoms with Gasteiger partial charge in [0, 0.05) is 23.1 Å². The monoisotopic (exact) mass is 316 g/mol. The fourth-order valence-corrected chi connectivity index (χ4v) is 2.57. The van der Waals surface area contributed by atoms with Gasteiger partial charge in [0.2, 0.25) is 17.8 Å². The first-order valence-electron chi connectivity index (χ1n) is 6.50. The zero-order chi connectivity index (χ0) is 14.8. The van der Waals surface area contributed by atoms with E-state index in [9.17, 15) is 4.79 Å². The molecule has 0 bridgehead atoms. The maximum Gasteiger partial charge on any atom is 0.227 e. The van der Waals surface area contributed by atoms with Crippen LogP contribution in [0.15, 0.2) is 60.8 Å². The summed E-state index contributed by atoms with van der Waals surface area (Å²) in [6.07, 6.45) is 1.90. The minimum absolute atomic E-state index is 0.00470. The highest BCUT2D eigenvalue weighted by molar-refractivity contribution is 6.42. The van der Waals surface area contributed by atoms with E-state index >= 15 is 0 Å². The van der Waals surface area contributed by atoms with Crippen molar-refractivity contribution in [1.29, 1.82) is 0 Å². The molecule has 4 heteroatoms. The van der Waals surface area contributed by atoms with Crippen LogP contribution < -0.4 is 4.57 Å². The number of hydrogen-bond donors (Lipinski definition) is 0. The lowest BCUT2D eigenvalue weighted by Crippen LogP contribution is -2.38. The first-order chi connectivity index (χ1) is 10.1. The van der Waals surface area contributed by atoms with E-state index < -0.39 is 0 Å². The quantitative estimate of drug-likeness (QED) is 0.521. The van der Waals surface area contributed by atoms with Gasteiger partial charge in [-0.05, 0) is 30.3 Å². The molecule has 1 aromatic heterocycles. The molecule has 0 radical (unpaired) electrons. The third-order valence-corrected chi connectivity index (χ3v) is 4.08. The van der Waals surface area contributed by atoms with Crippen molar-refractivity contribution in [3.63, 3.8) is 0 Å². The van der Waals surface area contributed by atoms with E-state index in [0.29, 0.717) is 15.6 Å². The van der Waals surface area contributed by atoms with Crippen molar-refractivity contribution < 1.29 is 9.36 Å². The number of carbonyl (C=O) groups excluding carboxylic acids is 1. The zero-order valence-electron chi connectivity index (χ0n) is 11.1. The Bertz CT molecular complexity index is 825. The van der Waals surface area contributed by atoms with Crippen molar-refractivity contribution in [3.8, 4) is 0 Å². The molecule has 0 N–H and O–H groups in total. The number of benzene rings is 2. The molecule has 0 aliphatic carbocycles. The van der Waals surface area contributed by atoms with Gasteiger partial charge in [0.1, 0.15) is 0 Å². The molecule has 0 aliphatic heterocycles. The summed E-state index contributed by atoms with van der Waals surface area (Å²) in [4.78, 5) is 12.4. The molecule has 0 fully saturated rings. The van der Waals surface area contributed by atoms with Gasteiger partial charge in [0.25, 0.3) is 0 Å². The third kappa shape index (κ3) is 2.92. The molecule has 3 rings (SSSR count). The molecule has 21 heavy (non-hydrogen) atoms. The van der Waals surface area contributed by atoms with Crippen molar-refractivity contribution in [2.75, 3.05) is 0 Å². The summed E-state index contributed by atoms with van der Waals surface area (Å²) in [5, 5.41) is 1.94. The molecule has 104 valence electrons. The first-order valence-corrected chi connectivity index (χ1v) is 7.26. The molecular weight excluding hydrogens is 305 g/mol. The van der Waals surface area contributed by atoms with Gasteiger partial charge in [-0.1, -0.05) is 35.3 Å². The predicted octanol–water partition coefficient (Wildman–Crippen LogP) is 4.32. The van der Waals surface area contributed by atoms with Crippen LogP contribution in [0.1, 0.15) is 10.4 Å². The van der Waals surface area contributed by atoms with E-state index in [1.807, 2.05) is 47.2 Å². The Morgan fingerprint density at radius 3 is 2.52 bits per heavy atom. The minimum atomic E-state index is -0.00470. The molecule has 0 saturated heterocycles. The van der Waals surface area contributed by atoms with E-state index in [1.54, 1.807) is 18.2 Å². The number of aromatic nitrogens is 1. The van der Waals surface area contributed by atoms with Gasteiger partial charge in [-0.3, -0.25) is 4.79 Å². The smallest absolute Gasteiger partial charge is 0.227 e. The van der Waals surface area contributed by atoms with Crippen LogP contribution in [0.4, 0.5) is 0 Å². The van der Waals surface area contributed by atoms with Crippen molar-refractivity contribution in [3.05, 3.63) is 76.4 Å². The van der Waals surface area contributed by atoms with E-state index in [0.717, 1.165) is 10.9 Å². The molecule has 0 amide bonds. The topological polar surface area (TPSA) is 20.9 Å². The Balaban J connectivity index is 1.94. The number of carbonyl (C=O) groups is 1. The molecule has 0 atom stereocenters. The SMILES string of the molecule is O=C(C[n+]1cccc2ccccc21)c1ccc(Cl)c(Cl)c1. The van der Waals surface area contributed by atoms with Crippen LogP contribution in [-0.4, -0.2) is 5.78 Å². The number of Topliss-reactive ketones (excluding diaryl/α,β-unsaturated/α-hetero) is 1. The summed E-state index contributed by atoms with van der Waals surface area (Å²) < 4.78 is 1.93. The second kappa shape index (κ2) is 5.84. The molecule has 0 spiro atoms. The van der Waals surface area contributed by atoms with E-state index in [4.69, 9.17) is 23.2 Å². The molecular formula is C17H12Cl2NO+. The number of halogens is 2. The van der Waals surface area contributed by atoms with Crippen molar-refractivity contribution in [1.82, 2.24) is 0 Å². The summed E-state index contributed by atoms with van der Waals surface area (Å²) in [6.45, 7) is 0.263. The van der Waals surface area contributed by atoms with Crippen LogP contribution in [0.2, 0.25) is 10.0 Å². The Morgan fingerprint density at radius 2 is 1.71 bits per heavy atom. The average molecular weight is 317 g/mol. The Labute approximate surface area is 132 Å². The van der Waals surface area contributed by atoms with Crippen molar-refractivity contribution in [2.45, 2.75) is 6.54 Å². The van der Waals surface area contributed by atoms with Crippen molar-refractivity contribution in [2.24, 2.45) is 0 Å². The Morgan fingerprint density at radius 1 is 0.952 bits per heavy atom. The fraction of sp³-hybridized carbons (Fsp3) is 0.0588. The summed E-state index contributed by atoms with van der Waals surface area (Å²) in [5.74, 6) is -0.00470. The van der Waals surface area contributed by atoms with Crippen LogP contribution in [-0.2, 0) is 6.54 Å². The lowest BCUT2D eigenvalue weighted by Gasteiger charge is -2.03. The number of rotatable bonds is 3. The molecule has 0 saturated carbocycles. The summed E-state index contributed by atoms with van der Waals surface area (Å²) in [5.41, 5.74) is 1.58. The third-order valence-electron chi connectivity index (χ3n) is 3.34. The number of ketones is 1. The maximum atomic E-state index is 12.4. The molecule has 3 aromatic rings. The number of hydrogen-bond acceptors (Lipinski definition) is 1. The van der Waals surface area contributed by atoms with Crippen LogP contribution in [0.3, 0.4) is 0 Å². The molecule has 1 heterocycles. The first kappa shape index (κ1) is 14.1. The largest absolute Gasteiger partial charge is 0.287 e. The Hall–Kier alpha value is -1.90. The van der Waals surface area contributed by atoms with E-state index in [-0.39, 0.29) is 12.3 Å². The van der Waals surface area contributed by atoms with Gasteiger partial charge in [-0.15, -0.1) is 0 Å². The summed E-state index contributed by atoms with van der Waals surface area (Å²) in [6, 6.07) is 16.9. The average Bonchev–Trinajstić information content (AvgIpc) is 2.50. The normalized spacial score (nSPS) is 10.8. The number of pyridine rings is 1. The highest BCUT2D eigenvalue weighted by Gasteiger charge is 2.15.